The summed E-state index contributed by atoms with van der Waals surface area (Å²) in [6, 6.07) is 17.5. The monoisotopic (exact) mass is 294 g/mol. The zero-order valence-corrected chi connectivity index (χ0v) is 12.3. The van der Waals surface area contributed by atoms with Crippen molar-refractivity contribution in [3.05, 3.63) is 54.6 Å². The molecule has 0 heterocycles. The van der Waals surface area contributed by atoms with Crippen molar-refractivity contribution in [1.29, 1.82) is 0 Å². The normalized spacial score (nSPS) is 15.3. The smallest absolute Gasteiger partial charge is 0.444 e. The summed E-state index contributed by atoms with van der Waals surface area (Å²) in [7, 11) is 0. The predicted molar refractivity (Wildman–Crippen MR) is 85.1 cm³/mol. The molecule has 0 spiro atoms. The number of amides is 1. The molecule has 0 radical (unpaired) electrons. The van der Waals surface area contributed by atoms with Gasteiger partial charge in [0.05, 0.1) is 5.69 Å². The first-order valence-electron chi connectivity index (χ1n) is 7.60. The lowest BCUT2D eigenvalue weighted by Gasteiger charge is -2.07. The molecule has 4 nitrogen and oxygen atoms in total. The van der Waals surface area contributed by atoms with Gasteiger partial charge in [-0.25, -0.2) is 4.79 Å². The van der Waals surface area contributed by atoms with Crippen LogP contribution < -0.4 is 0 Å². The van der Waals surface area contributed by atoms with Gasteiger partial charge in [0, 0.05) is 5.56 Å². The molecule has 22 heavy (non-hydrogen) atoms. The Bertz CT molecular complexity index is 662. The molecule has 1 aliphatic carbocycles. The Morgan fingerprint density at radius 3 is 2.41 bits per heavy atom. The van der Waals surface area contributed by atoms with Gasteiger partial charge in [-0.1, -0.05) is 53.6 Å². The summed E-state index contributed by atoms with van der Waals surface area (Å²) in [5, 5.41) is 7.78. The second-order valence-corrected chi connectivity index (χ2v) is 5.37. The number of azo groups is 1. The molecule has 4 heteroatoms. The quantitative estimate of drug-likeness (QED) is 0.700. The van der Waals surface area contributed by atoms with Crippen molar-refractivity contribution in [2.75, 3.05) is 0 Å². The van der Waals surface area contributed by atoms with E-state index in [9.17, 15) is 4.79 Å². The molecule has 0 saturated heterocycles. The van der Waals surface area contributed by atoms with Gasteiger partial charge < -0.3 is 4.74 Å². The van der Waals surface area contributed by atoms with Gasteiger partial charge in [-0.3, -0.25) is 0 Å². The topological polar surface area (TPSA) is 51.0 Å². The fourth-order valence-corrected chi connectivity index (χ4v) is 2.69. The first kappa shape index (κ1) is 14.4. The van der Waals surface area contributed by atoms with Crippen LogP contribution in [0, 0.1) is 0 Å². The average Bonchev–Trinajstić information content (AvgIpc) is 3.07. The lowest BCUT2D eigenvalue weighted by atomic mass is 10.0. The molecule has 0 aliphatic heterocycles. The lowest BCUT2D eigenvalue weighted by molar-refractivity contribution is 0.109. The Kier molecular flexibility index (Phi) is 4.59. The molecule has 0 aromatic heterocycles. The van der Waals surface area contributed by atoms with Crippen LogP contribution in [0.5, 0.6) is 0 Å². The molecule has 1 amide bonds. The maximum atomic E-state index is 11.7. The molecule has 0 bridgehead atoms. The first-order chi connectivity index (χ1) is 10.8. The van der Waals surface area contributed by atoms with Gasteiger partial charge in [-0.2, -0.15) is 0 Å². The van der Waals surface area contributed by atoms with Gasteiger partial charge in [0.15, 0.2) is 0 Å². The van der Waals surface area contributed by atoms with Crippen molar-refractivity contribution < 1.29 is 9.53 Å². The minimum Gasteiger partial charge on any atom is -0.444 e. The largest absolute Gasteiger partial charge is 0.452 e. The number of rotatable bonds is 3. The van der Waals surface area contributed by atoms with E-state index < -0.39 is 6.09 Å². The Hall–Kier alpha value is -2.49. The Morgan fingerprint density at radius 1 is 0.955 bits per heavy atom. The maximum Gasteiger partial charge on any atom is 0.452 e. The van der Waals surface area contributed by atoms with E-state index in [0.717, 1.165) is 36.8 Å². The summed E-state index contributed by atoms with van der Waals surface area (Å²) in [4.78, 5) is 11.7. The molecule has 1 aliphatic rings. The highest BCUT2D eigenvalue weighted by Gasteiger charge is 2.18. The van der Waals surface area contributed by atoms with Crippen molar-refractivity contribution >= 4 is 11.8 Å². The van der Waals surface area contributed by atoms with Crippen molar-refractivity contribution in [1.82, 2.24) is 0 Å². The average molecular weight is 294 g/mol. The zero-order valence-electron chi connectivity index (χ0n) is 12.3. The number of carbonyl (C=O) groups excluding carboxylic acids is 1. The Labute approximate surface area is 129 Å². The number of ether oxygens (including phenoxy) is 1. The molecule has 112 valence electrons. The molecule has 2 aromatic rings. The van der Waals surface area contributed by atoms with Crippen LogP contribution in [0.3, 0.4) is 0 Å². The second-order valence-electron chi connectivity index (χ2n) is 5.37. The predicted octanol–water partition coefficient (Wildman–Crippen LogP) is 5.52. The molecule has 1 fully saturated rings. The lowest BCUT2D eigenvalue weighted by Crippen LogP contribution is -2.10. The summed E-state index contributed by atoms with van der Waals surface area (Å²) in [5.41, 5.74) is 2.65. The minimum absolute atomic E-state index is 0.0100. The highest BCUT2D eigenvalue weighted by Crippen LogP contribution is 2.30. The molecule has 0 N–H and O–H groups in total. The van der Waals surface area contributed by atoms with E-state index in [0.29, 0.717) is 5.69 Å². The molecular formula is C18H18N2O2. The van der Waals surface area contributed by atoms with E-state index in [1.165, 1.54) is 0 Å². The van der Waals surface area contributed by atoms with Crippen LogP contribution in [0.1, 0.15) is 25.7 Å². The maximum absolute atomic E-state index is 11.7. The van der Waals surface area contributed by atoms with E-state index in [4.69, 9.17) is 4.74 Å². The van der Waals surface area contributed by atoms with Crippen LogP contribution in [0.4, 0.5) is 10.5 Å². The summed E-state index contributed by atoms with van der Waals surface area (Å²) in [5.74, 6) is 0. The summed E-state index contributed by atoms with van der Waals surface area (Å²) in [6.07, 6.45) is 3.51. The Balaban J connectivity index is 1.74. The molecule has 2 aromatic carbocycles. The van der Waals surface area contributed by atoms with Crippen LogP contribution in [0.15, 0.2) is 64.8 Å². The van der Waals surface area contributed by atoms with Gasteiger partial charge in [0.2, 0.25) is 0 Å². The third-order valence-corrected chi connectivity index (χ3v) is 3.80. The van der Waals surface area contributed by atoms with Crippen LogP contribution in [0.25, 0.3) is 11.1 Å². The third-order valence-electron chi connectivity index (χ3n) is 3.80. The van der Waals surface area contributed by atoms with Crippen molar-refractivity contribution in [2.45, 2.75) is 31.8 Å². The number of hydrogen-bond donors (Lipinski definition) is 0. The highest BCUT2D eigenvalue weighted by atomic mass is 16.6. The highest BCUT2D eigenvalue weighted by molar-refractivity contribution is 5.76. The summed E-state index contributed by atoms with van der Waals surface area (Å²) in [6.45, 7) is 0. The zero-order chi connectivity index (χ0) is 15.2. The second kappa shape index (κ2) is 6.98. The van der Waals surface area contributed by atoms with Gasteiger partial charge in [-0.15, -0.1) is 5.11 Å². The number of carbonyl (C=O) groups is 1. The SMILES string of the molecule is O=C(N=Nc1ccccc1-c1ccccc1)OC1CCCC1. The van der Waals surface area contributed by atoms with Gasteiger partial charge in [-0.05, 0) is 37.3 Å². The first-order valence-corrected chi connectivity index (χ1v) is 7.60. The summed E-state index contributed by atoms with van der Waals surface area (Å²) >= 11 is 0. The third kappa shape index (κ3) is 3.58. The van der Waals surface area contributed by atoms with E-state index in [2.05, 4.69) is 10.2 Å². The van der Waals surface area contributed by atoms with E-state index in [1.807, 2.05) is 54.6 Å². The standard InChI is InChI=1S/C18H18N2O2/c21-18(22-15-10-4-5-11-15)20-19-17-13-7-6-12-16(17)14-8-2-1-3-9-14/h1-3,6-9,12-13,15H,4-5,10-11H2. The van der Waals surface area contributed by atoms with Crippen molar-refractivity contribution in [3.63, 3.8) is 0 Å². The van der Waals surface area contributed by atoms with Crippen LogP contribution in [0.2, 0.25) is 0 Å². The van der Waals surface area contributed by atoms with Gasteiger partial charge >= 0.3 is 6.09 Å². The number of benzene rings is 2. The molecule has 1 saturated carbocycles. The molecule has 3 rings (SSSR count). The minimum atomic E-state index is -0.602. The van der Waals surface area contributed by atoms with Crippen LogP contribution in [-0.2, 0) is 4.74 Å². The summed E-state index contributed by atoms with van der Waals surface area (Å²) < 4.78 is 5.28. The van der Waals surface area contributed by atoms with E-state index in [-0.39, 0.29) is 6.10 Å². The van der Waals surface area contributed by atoms with Gasteiger partial charge in [0.1, 0.15) is 6.10 Å². The van der Waals surface area contributed by atoms with Crippen LogP contribution >= 0.6 is 0 Å². The number of hydrogen-bond acceptors (Lipinski definition) is 3. The molecule has 0 unspecified atom stereocenters. The molecule has 0 atom stereocenters. The number of nitrogens with zero attached hydrogens (tertiary/aromatic N) is 2. The Morgan fingerprint density at radius 2 is 1.64 bits per heavy atom. The van der Waals surface area contributed by atoms with E-state index >= 15 is 0 Å². The fourth-order valence-electron chi connectivity index (χ4n) is 2.69. The van der Waals surface area contributed by atoms with Crippen molar-refractivity contribution in [3.8, 4) is 11.1 Å². The van der Waals surface area contributed by atoms with Crippen molar-refractivity contribution in [2.24, 2.45) is 10.2 Å². The van der Waals surface area contributed by atoms with Gasteiger partial charge in [0.25, 0.3) is 0 Å². The van der Waals surface area contributed by atoms with Crippen LogP contribution in [-0.4, -0.2) is 12.2 Å². The molecular weight excluding hydrogens is 276 g/mol. The fraction of sp³-hybridized carbons (Fsp3) is 0.278. The van der Waals surface area contributed by atoms with E-state index in [1.54, 1.807) is 0 Å².